The first-order valence-corrected chi connectivity index (χ1v) is 6.72. The van der Waals surface area contributed by atoms with Crippen molar-refractivity contribution in [3.05, 3.63) is 11.8 Å². The fraction of sp³-hybridized carbons (Fsp3) is 0.571. The third kappa shape index (κ3) is 5.80. The molecule has 0 saturated heterocycles. The largest absolute Gasteiger partial charge is 0.466 e. The molecule has 13 heavy (non-hydrogen) atoms. The number of rotatable bonds is 4. The van der Waals surface area contributed by atoms with Crippen molar-refractivity contribution in [1.29, 1.82) is 0 Å². The van der Waals surface area contributed by atoms with Gasteiger partial charge in [0, 0.05) is 6.16 Å². The summed E-state index contributed by atoms with van der Waals surface area (Å²) in [6.07, 6.45) is -0.421. The maximum Gasteiger partial charge on any atom is 0.333 e. The van der Waals surface area contributed by atoms with Crippen molar-refractivity contribution in [2.45, 2.75) is 13.8 Å². The zero-order valence-electron chi connectivity index (χ0n) is 7.94. The molecular formula is C7H14NO3PS. The molecule has 1 atom stereocenters. The average molecular weight is 223 g/mol. The van der Waals surface area contributed by atoms with Crippen LogP contribution in [0.4, 0.5) is 0 Å². The molecule has 76 valence electrons. The van der Waals surface area contributed by atoms with Gasteiger partial charge in [0.05, 0.1) is 13.2 Å². The SMILES string of the molecule is CCP(N)(=S)OC(C)=CC(=O)OC. The number of ether oxygens (including phenoxy) is 1. The maximum atomic E-state index is 10.8. The summed E-state index contributed by atoms with van der Waals surface area (Å²) in [7, 11) is 1.30. The van der Waals surface area contributed by atoms with Crippen LogP contribution >= 0.6 is 6.42 Å². The highest BCUT2D eigenvalue weighted by molar-refractivity contribution is 8.11. The van der Waals surface area contributed by atoms with Crippen molar-refractivity contribution in [2.75, 3.05) is 13.3 Å². The number of hydrogen-bond acceptors (Lipinski definition) is 4. The Morgan fingerprint density at radius 1 is 1.69 bits per heavy atom. The Labute approximate surface area is 83.2 Å². The van der Waals surface area contributed by atoms with E-state index in [2.05, 4.69) is 4.74 Å². The summed E-state index contributed by atoms with van der Waals surface area (Å²) < 4.78 is 9.63. The molecule has 6 heteroatoms. The van der Waals surface area contributed by atoms with Crippen LogP contribution in [0.2, 0.25) is 0 Å². The number of esters is 1. The minimum absolute atomic E-state index is 0.402. The molecule has 0 aliphatic carbocycles. The minimum atomic E-state index is -2.24. The Morgan fingerprint density at radius 2 is 2.23 bits per heavy atom. The second-order valence-corrected chi connectivity index (χ2v) is 6.53. The van der Waals surface area contributed by atoms with E-state index in [0.717, 1.165) is 0 Å². The van der Waals surface area contributed by atoms with Crippen molar-refractivity contribution >= 4 is 24.2 Å². The standard InChI is InChI=1S/C7H14NO3PS/c1-4-12(8,13)11-6(2)5-7(9)10-3/h5H,4H2,1-3H3,(H2,8,13). The molecule has 0 aliphatic rings. The van der Waals surface area contributed by atoms with Crippen molar-refractivity contribution < 1.29 is 14.1 Å². The molecule has 0 saturated carbocycles. The van der Waals surface area contributed by atoms with Crippen molar-refractivity contribution in [3.63, 3.8) is 0 Å². The Balaban J connectivity index is 4.30. The van der Waals surface area contributed by atoms with E-state index in [-0.39, 0.29) is 0 Å². The van der Waals surface area contributed by atoms with Crippen LogP contribution in [-0.4, -0.2) is 19.2 Å². The molecule has 0 aromatic rings. The third-order valence-corrected chi connectivity index (χ3v) is 3.74. The summed E-state index contributed by atoms with van der Waals surface area (Å²) in [5, 5.41) is 0. The molecule has 0 spiro atoms. The van der Waals surface area contributed by atoms with Gasteiger partial charge in [-0.2, -0.15) is 0 Å². The number of carbonyl (C=O) groups excluding carboxylic acids is 1. The van der Waals surface area contributed by atoms with E-state index in [1.807, 2.05) is 6.92 Å². The first kappa shape index (κ1) is 12.6. The van der Waals surface area contributed by atoms with Crippen LogP contribution in [0.5, 0.6) is 0 Å². The summed E-state index contributed by atoms with van der Waals surface area (Å²) in [6.45, 7) is 3.48. The lowest BCUT2D eigenvalue weighted by Gasteiger charge is -2.16. The van der Waals surface area contributed by atoms with Gasteiger partial charge in [0.25, 0.3) is 0 Å². The lowest BCUT2D eigenvalue weighted by Crippen LogP contribution is -2.03. The van der Waals surface area contributed by atoms with Gasteiger partial charge in [0.2, 0.25) is 0 Å². The van der Waals surface area contributed by atoms with Crippen LogP contribution in [0.25, 0.3) is 0 Å². The second-order valence-electron chi connectivity index (χ2n) is 2.41. The number of methoxy groups -OCH3 is 1. The molecule has 2 N–H and O–H groups in total. The van der Waals surface area contributed by atoms with Gasteiger partial charge in [-0.25, -0.2) is 4.79 Å². The van der Waals surface area contributed by atoms with E-state index in [4.69, 9.17) is 21.8 Å². The van der Waals surface area contributed by atoms with Gasteiger partial charge < -0.3 is 9.26 Å². The van der Waals surface area contributed by atoms with Gasteiger partial charge in [0.15, 0.2) is 6.42 Å². The fourth-order valence-electron chi connectivity index (χ4n) is 0.560. The van der Waals surface area contributed by atoms with Gasteiger partial charge in [-0.05, 0) is 18.7 Å². The van der Waals surface area contributed by atoms with Gasteiger partial charge in [-0.1, -0.05) is 6.92 Å². The van der Waals surface area contributed by atoms with Crippen LogP contribution in [0.1, 0.15) is 13.8 Å². The molecule has 4 nitrogen and oxygen atoms in total. The monoisotopic (exact) mass is 223 g/mol. The van der Waals surface area contributed by atoms with Crippen molar-refractivity contribution in [3.8, 4) is 0 Å². The van der Waals surface area contributed by atoms with E-state index < -0.39 is 12.4 Å². The average Bonchev–Trinajstić information content (AvgIpc) is 2.03. The fourth-order valence-corrected chi connectivity index (χ4v) is 1.58. The van der Waals surface area contributed by atoms with Gasteiger partial charge in [0.1, 0.15) is 5.76 Å². The third-order valence-electron chi connectivity index (χ3n) is 1.26. The Kier molecular flexibility index (Phi) is 5.21. The topological polar surface area (TPSA) is 61.5 Å². The zero-order chi connectivity index (χ0) is 10.5. The Hall–Kier alpha value is -0.380. The Morgan fingerprint density at radius 3 is 2.62 bits per heavy atom. The molecular weight excluding hydrogens is 209 g/mol. The molecule has 0 radical (unpaired) electrons. The lowest BCUT2D eigenvalue weighted by atomic mass is 10.5. The Bertz CT molecular complexity index is 264. The van der Waals surface area contributed by atoms with Crippen LogP contribution < -0.4 is 5.50 Å². The van der Waals surface area contributed by atoms with Gasteiger partial charge in [-0.3, -0.25) is 5.50 Å². The summed E-state index contributed by atoms with van der Waals surface area (Å²) >= 11 is 4.98. The van der Waals surface area contributed by atoms with Gasteiger partial charge in [-0.15, -0.1) is 0 Å². The molecule has 0 amide bonds. The van der Waals surface area contributed by atoms with Crippen LogP contribution in [0.15, 0.2) is 11.8 Å². The normalized spacial score (nSPS) is 16.2. The molecule has 0 bridgehead atoms. The van der Waals surface area contributed by atoms with E-state index >= 15 is 0 Å². The first-order valence-electron chi connectivity index (χ1n) is 3.74. The molecule has 0 heterocycles. The van der Waals surface area contributed by atoms with Crippen LogP contribution in [0.3, 0.4) is 0 Å². The molecule has 0 rings (SSSR count). The van der Waals surface area contributed by atoms with Gasteiger partial charge >= 0.3 is 5.97 Å². The lowest BCUT2D eigenvalue weighted by molar-refractivity contribution is -0.135. The quantitative estimate of drug-likeness (QED) is 0.337. The first-order chi connectivity index (χ1) is 5.91. The predicted molar refractivity (Wildman–Crippen MR) is 55.9 cm³/mol. The minimum Gasteiger partial charge on any atom is -0.466 e. The smallest absolute Gasteiger partial charge is 0.333 e. The number of nitrogens with two attached hydrogens (primary N) is 1. The summed E-state index contributed by atoms with van der Waals surface area (Å²) in [6, 6.07) is 0. The summed E-state index contributed by atoms with van der Waals surface area (Å²) in [5.74, 6) is -0.0665. The highest BCUT2D eigenvalue weighted by atomic mass is 32.4. The molecule has 1 unspecified atom stereocenters. The number of carbonyl (C=O) groups is 1. The number of hydrogen-bond donors (Lipinski definition) is 1. The number of allylic oxidation sites excluding steroid dienone is 1. The van der Waals surface area contributed by atoms with E-state index in [0.29, 0.717) is 11.9 Å². The van der Waals surface area contributed by atoms with Crippen LogP contribution in [-0.2, 0) is 25.9 Å². The molecule has 0 aromatic carbocycles. The summed E-state index contributed by atoms with van der Waals surface area (Å²) in [4.78, 5) is 10.8. The maximum absolute atomic E-state index is 10.8. The summed E-state index contributed by atoms with van der Waals surface area (Å²) in [5.41, 5.74) is 5.64. The molecule has 0 fully saturated rings. The van der Waals surface area contributed by atoms with E-state index in [1.54, 1.807) is 6.92 Å². The van der Waals surface area contributed by atoms with Crippen molar-refractivity contribution in [2.24, 2.45) is 5.50 Å². The highest BCUT2D eigenvalue weighted by Crippen LogP contribution is 2.39. The van der Waals surface area contributed by atoms with E-state index in [1.165, 1.54) is 13.2 Å². The highest BCUT2D eigenvalue weighted by Gasteiger charge is 2.09. The van der Waals surface area contributed by atoms with Crippen LogP contribution in [0, 0.1) is 0 Å². The van der Waals surface area contributed by atoms with Crippen molar-refractivity contribution in [1.82, 2.24) is 0 Å². The molecule has 0 aromatic heterocycles. The predicted octanol–water partition coefficient (Wildman–Crippen LogP) is 1.37. The zero-order valence-corrected chi connectivity index (χ0v) is 9.65. The second kappa shape index (κ2) is 5.37. The van der Waals surface area contributed by atoms with E-state index in [9.17, 15) is 4.79 Å². The molecule has 0 aliphatic heterocycles.